The number of aromatic hydroxyl groups is 1. The number of anilines is 1. The summed E-state index contributed by atoms with van der Waals surface area (Å²) in [6, 6.07) is 14.3. The minimum atomic E-state index is -0.588. The third-order valence-corrected chi connectivity index (χ3v) is 4.26. The van der Waals surface area contributed by atoms with E-state index >= 15 is 0 Å². The first-order valence-corrected chi connectivity index (χ1v) is 8.76. The summed E-state index contributed by atoms with van der Waals surface area (Å²) in [7, 11) is 0. The van der Waals surface area contributed by atoms with Crippen molar-refractivity contribution in [2.75, 3.05) is 11.9 Å². The molecule has 2 aromatic carbocycles. The number of phenols is 1. The fourth-order valence-corrected chi connectivity index (χ4v) is 2.69. The number of carbonyl (C=O) groups excluding carboxylic acids is 1. The van der Waals surface area contributed by atoms with E-state index in [9.17, 15) is 9.90 Å². The van der Waals surface area contributed by atoms with Crippen molar-refractivity contribution in [3.63, 3.8) is 0 Å². The van der Waals surface area contributed by atoms with E-state index in [-0.39, 0.29) is 12.4 Å². The second kappa shape index (κ2) is 8.05. The Balaban J connectivity index is 1.62. The van der Waals surface area contributed by atoms with Crippen LogP contribution in [-0.4, -0.2) is 23.0 Å². The van der Waals surface area contributed by atoms with E-state index in [0.717, 1.165) is 15.6 Å². The second-order valence-electron chi connectivity index (χ2n) is 5.66. The van der Waals surface area contributed by atoms with E-state index in [0.29, 0.717) is 23.6 Å². The molecule has 0 saturated carbocycles. The number of benzene rings is 2. The molecule has 1 amide bonds. The van der Waals surface area contributed by atoms with Crippen LogP contribution in [0.2, 0.25) is 0 Å². The third-order valence-electron chi connectivity index (χ3n) is 3.73. The van der Waals surface area contributed by atoms with Crippen LogP contribution >= 0.6 is 15.9 Å². The molecule has 0 fully saturated rings. The van der Waals surface area contributed by atoms with E-state index in [1.165, 1.54) is 0 Å². The number of halogens is 1. The van der Waals surface area contributed by atoms with Gasteiger partial charge in [-0.15, -0.1) is 0 Å². The van der Waals surface area contributed by atoms with Crippen molar-refractivity contribution in [1.29, 1.82) is 0 Å². The topological polar surface area (TPSA) is 84.6 Å². The molecule has 0 aliphatic carbocycles. The number of phenolic OH excluding ortho intramolecular Hbond substituents is 1. The minimum absolute atomic E-state index is 0.186. The molecule has 3 aromatic rings. The lowest BCUT2D eigenvalue weighted by Crippen LogP contribution is -2.16. The van der Waals surface area contributed by atoms with Gasteiger partial charge in [0.1, 0.15) is 17.1 Å². The smallest absolute Gasteiger partial charge is 0.411 e. The Hall–Kier alpha value is -2.80. The van der Waals surface area contributed by atoms with Crippen LogP contribution in [-0.2, 0) is 11.2 Å². The van der Waals surface area contributed by atoms with Crippen LogP contribution in [0.15, 0.2) is 57.5 Å². The molecule has 1 aromatic heterocycles. The fraction of sp³-hybridized carbons (Fsp3) is 0.158. The molecule has 0 radical (unpaired) electrons. The zero-order chi connectivity index (χ0) is 18.5. The van der Waals surface area contributed by atoms with Gasteiger partial charge < -0.3 is 14.4 Å². The SMILES string of the molecule is Cc1noc(-c2ccc(Br)cc2)c1NC(=O)OCCc1cccc(O)c1. The Bertz CT molecular complexity index is 906. The molecular formula is C19H17BrN2O4. The second-order valence-corrected chi connectivity index (χ2v) is 6.58. The number of nitrogens with one attached hydrogen (secondary N) is 1. The van der Waals surface area contributed by atoms with E-state index < -0.39 is 6.09 Å². The van der Waals surface area contributed by atoms with Crippen LogP contribution < -0.4 is 5.32 Å². The summed E-state index contributed by atoms with van der Waals surface area (Å²) in [4.78, 5) is 12.1. The van der Waals surface area contributed by atoms with Crippen molar-refractivity contribution in [1.82, 2.24) is 5.16 Å². The van der Waals surface area contributed by atoms with Crippen LogP contribution in [0.5, 0.6) is 5.75 Å². The summed E-state index contributed by atoms with van der Waals surface area (Å²) in [6.45, 7) is 1.93. The van der Waals surface area contributed by atoms with Crippen molar-refractivity contribution < 1.29 is 19.2 Å². The number of hydrogen-bond acceptors (Lipinski definition) is 5. The van der Waals surface area contributed by atoms with Gasteiger partial charge in [0, 0.05) is 16.5 Å². The number of carbonyl (C=O) groups is 1. The number of aryl methyl sites for hydroxylation is 1. The molecule has 2 N–H and O–H groups in total. The minimum Gasteiger partial charge on any atom is -0.508 e. The predicted molar refractivity (Wildman–Crippen MR) is 101 cm³/mol. The largest absolute Gasteiger partial charge is 0.508 e. The number of amides is 1. The molecule has 26 heavy (non-hydrogen) atoms. The van der Waals surface area contributed by atoms with Gasteiger partial charge in [-0.2, -0.15) is 0 Å². The lowest BCUT2D eigenvalue weighted by Gasteiger charge is -2.08. The number of ether oxygens (including phenoxy) is 1. The van der Waals surface area contributed by atoms with Crippen molar-refractivity contribution in [3.8, 4) is 17.1 Å². The number of hydrogen-bond donors (Lipinski definition) is 2. The molecule has 0 atom stereocenters. The Kier molecular flexibility index (Phi) is 5.58. The van der Waals surface area contributed by atoms with Gasteiger partial charge in [-0.3, -0.25) is 5.32 Å². The Labute approximate surface area is 158 Å². The van der Waals surface area contributed by atoms with Gasteiger partial charge in [0.05, 0.1) is 6.61 Å². The van der Waals surface area contributed by atoms with Crippen molar-refractivity contribution in [2.45, 2.75) is 13.3 Å². The van der Waals surface area contributed by atoms with Gasteiger partial charge in [-0.05, 0) is 48.9 Å². The molecule has 6 nitrogen and oxygen atoms in total. The van der Waals surface area contributed by atoms with Crippen LogP contribution in [0, 0.1) is 6.92 Å². The molecule has 1 heterocycles. The fourth-order valence-electron chi connectivity index (χ4n) is 2.43. The van der Waals surface area contributed by atoms with Gasteiger partial charge in [0.2, 0.25) is 0 Å². The highest BCUT2D eigenvalue weighted by Crippen LogP contribution is 2.31. The quantitative estimate of drug-likeness (QED) is 0.616. The average Bonchev–Trinajstić information content (AvgIpc) is 2.96. The lowest BCUT2D eigenvalue weighted by atomic mass is 10.1. The highest BCUT2D eigenvalue weighted by atomic mass is 79.9. The molecule has 7 heteroatoms. The summed E-state index contributed by atoms with van der Waals surface area (Å²) in [5.41, 5.74) is 2.72. The maximum Gasteiger partial charge on any atom is 0.411 e. The zero-order valence-electron chi connectivity index (χ0n) is 14.0. The van der Waals surface area contributed by atoms with Gasteiger partial charge >= 0.3 is 6.09 Å². The molecule has 0 unspecified atom stereocenters. The Morgan fingerprint density at radius 2 is 2.04 bits per heavy atom. The maximum absolute atomic E-state index is 12.1. The summed E-state index contributed by atoms with van der Waals surface area (Å²) >= 11 is 3.38. The third kappa shape index (κ3) is 4.43. The van der Waals surface area contributed by atoms with Crippen LogP contribution in [0.1, 0.15) is 11.3 Å². The molecule has 0 bridgehead atoms. The van der Waals surface area contributed by atoms with Crippen LogP contribution in [0.4, 0.5) is 10.5 Å². The van der Waals surface area contributed by atoms with Gasteiger partial charge in [0.25, 0.3) is 0 Å². The first-order chi connectivity index (χ1) is 12.5. The first-order valence-electron chi connectivity index (χ1n) is 7.97. The summed E-state index contributed by atoms with van der Waals surface area (Å²) in [6.07, 6.45) is -0.0842. The number of aromatic nitrogens is 1. The van der Waals surface area contributed by atoms with Crippen molar-refractivity contribution >= 4 is 27.7 Å². The van der Waals surface area contributed by atoms with Gasteiger partial charge in [-0.1, -0.05) is 33.2 Å². The number of rotatable bonds is 5. The average molecular weight is 417 g/mol. The highest BCUT2D eigenvalue weighted by Gasteiger charge is 2.18. The molecule has 3 rings (SSSR count). The van der Waals surface area contributed by atoms with Crippen molar-refractivity contribution in [3.05, 3.63) is 64.3 Å². The molecular weight excluding hydrogens is 400 g/mol. The summed E-state index contributed by atoms with van der Waals surface area (Å²) in [5.74, 6) is 0.658. The zero-order valence-corrected chi connectivity index (χ0v) is 15.6. The molecule has 0 aliphatic rings. The van der Waals surface area contributed by atoms with E-state index in [2.05, 4.69) is 26.4 Å². The highest BCUT2D eigenvalue weighted by molar-refractivity contribution is 9.10. The monoisotopic (exact) mass is 416 g/mol. The summed E-state index contributed by atoms with van der Waals surface area (Å²) < 4.78 is 11.5. The maximum atomic E-state index is 12.1. The van der Waals surface area contributed by atoms with Crippen molar-refractivity contribution in [2.24, 2.45) is 0 Å². The Morgan fingerprint density at radius 3 is 2.77 bits per heavy atom. The predicted octanol–water partition coefficient (Wildman–Crippen LogP) is 4.91. The first kappa shape index (κ1) is 18.0. The molecule has 0 saturated heterocycles. The molecule has 0 spiro atoms. The van der Waals surface area contributed by atoms with E-state index in [1.54, 1.807) is 25.1 Å². The van der Waals surface area contributed by atoms with Gasteiger partial charge in [-0.25, -0.2) is 4.79 Å². The molecule has 0 aliphatic heterocycles. The van der Waals surface area contributed by atoms with E-state index in [4.69, 9.17) is 9.26 Å². The lowest BCUT2D eigenvalue weighted by molar-refractivity contribution is 0.163. The normalized spacial score (nSPS) is 10.5. The Morgan fingerprint density at radius 1 is 1.27 bits per heavy atom. The molecule has 134 valence electrons. The number of nitrogens with zero attached hydrogens (tertiary/aromatic N) is 1. The van der Waals surface area contributed by atoms with Crippen LogP contribution in [0.25, 0.3) is 11.3 Å². The van der Waals surface area contributed by atoms with E-state index in [1.807, 2.05) is 30.3 Å². The van der Waals surface area contributed by atoms with Gasteiger partial charge in [0.15, 0.2) is 5.76 Å². The van der Waals surface area contributed by atoms with Crippen LogP contribution in [0.3, 0.4) is 0 Å². The summed E-state index contributed by atoms with van der Waals surface area (Å²) in [5, 5.41) is 16.1. The standard InChI is InChI=1S/C19H17BrN2O4/c1-12-17(18(26-22-12)14-5-7-15(20)8-6-14)21-19(24)25-10-9-13-3-2-4-16(23)11-13/h2-8,11,23H,9-10H2,1H3,(H,21,24).